The first-order valence-electron chi connectivity index (χ1n) is 9.02. The predicted octanol–water partition coefficient (Wildman–Crippen LogP) is 2.61. The van der Waals surface area contributed by atoms with Gasteiger partial charge in [-0.15, -0.1) is 0 Å². The zero-order valence-corrected chi connectivity index (χ0v) is 14.6. The summed E-state index contributed by atoms with van der Waals surface area (Å²) in [5.41, 5.74) is 1.66. The van der Waals surface area contributed by atoms with Crippen LogP contribution in [0.4, 0.5) is 5.82 Å². The summed E-state index contributed by atoms with van der Waals surface area (Å²) in [4.78, 5) is 24.4. The zero-order chi connectivity index (χ0) is 17.2. The Balaban J connectivity index is 1.43. The summed E-state index contributed by atoms with van der Waals surface area (Å²) in [6.07, 6.45) is 6.91. The first kappa shape index (κ1) is 16.0. The lowest BCUT2D eigenvalue weighted by molar-refractivity contribution is 0.0772. The molecule has 0 unspecified atom stereocenters. The Kier molecular flexibility index (Phi) is 4.34. The van der Waals surface area contributed by atoms with E-state index in [4.69, 9.17) is 4.74 Å². The van der Waals surface area contributed by atoms with E-state index in [9.17, 15) is 4.79 Å². The molecule has 2 aliphatic heterocycles. The number of H-pyrrole nitrogens is 1. The highest BCUT2D eigenvalue weighted by Gasteiger charge is 2.30. The number of likely N-dealkylation sites (tertiary alicyclic amines) is 1. The fraction of sp³-hybridized carbons (Fsp3) is 0.474. The number of amides is 1. The molecule has 1 N–H and O–H groups in total. The summed E-state index contributed by atoms with van der Waals surface area (Å²) in [5, 5.41) is 0. The molecule has 0 radical (unpaired) electrons. The maximum absolute atomic E-state index is 12.6. The van der Waals surface area contributed by atoms with E-state index in [2.05, 4.69) is 14.9 Å². The molecule has 2 fully saturated rings. The summed E-state index contributed by atoms with van der Waals surface area (Å²) >= 11 is 0. The Bertz CT molecular complexity index is 751. The first-order valence-corrected chi connectivity index (χ1v) is 9.02. The lowest BCUT2D eigenvalue weighted by atomic mass is 10.2. The second-order valence-corrected chi connectivity index (χ2v) is 6.82. The number of carbonyl (C=O) groups is 1. The van der Waals surface area contributed by atoms with E-state index in [-0.39, 0.29) is 12.0 Å². The molecule has 0 saturated carbocycles. The fourth-order valence-corrected chi connectivity index (χ4v) is 3.68. The molecule has 0 aromatic carbocycles. The minimum Gasteiger partial charge on any atom is -0.485 e. The van der Waals surface area contributed by atoms with Crippen molar-refractivity contribution in [2.75, 3.05) is 31.1 Å². The van der Waals surface area contributed by atoms with E-state index in [0.717, 1.165) is 48.9 Å². The van der Waals surface area contributed by atoms with Crippen LogP contribution in [0.2, 0.25) is 0 Å². The van der Waals surface area contributed by atoms with Crippen molar-refractivity contribution in [2.24, 2.45) is 0 Å². The van der Waals surface area contributed by atoms with Gasteiger partial charge in [0, 0.05) is 44.1 Å². The Morgan fingerprint density at radius 3 is 2.88 bits per heavy atom. The van der Waals surface area contributed by atoms with Crippen LogP contribution in [0.3, 0.4) is 0 Å². The number of nitrogens with one attached hydrogen (secondary N) is 1. The van der Waals surface area contributed by atoms with E-state index < -0.39 is 0 Å². The molecule has 132 valence electrons. The summed E-state index contributed by atoms with van der Waals surface area (Å²) in [6, 6.07) is 5.75. The van der Waals surface area contributed by atoms with Crippen LogP contribution in [0, 0.1) is 6.92 Å². The molecular weight excluding hydrogens is 316 g/mol. The van der Waals surface area contributed by atoms with Crippen LogP contribution in [0.5, 0.6) is 5.75 Å². The van der Waals surface area contributed by atoms with E-state index in [1.807, 2.05) is 42.4 Å². The van der Waals surface area contributed by atoms with Gasteiger partial charge in [0.1, 0.15) is 6.10 Å². The van der Waals surface area contributed by atoms with Crippen molar-refractivity contribution >= 4 is 11.7 Å². The van der Waals surface area contributed by atoms with E-state index >= 15 is 0 Å². The Hall–Kier alpha value is -2.50. The highest BCUT2D eigenvalue weighted by molar-refractivity contribution is 5.95. The topological polar surface area (TPSA) is 61.5 Å². The van der Waals surface area contributed by atoms with Crippen LogP contribution in [0.1, 0.15) is 35.3 Å². The van der Waals surface area contributed by atoms with Gasteiger partial charge in [0.2, 0.25) is 0 Å². The van der Waals surface area contributed by atoms with Gasteiger partial charge in [-0.05, 0) is 38.0 Å². The van der Waals surface area contributed by atoms with Crippen molar-refractivity contribution in [1.82, 2.24) is 14.9 Å². The summed E-state index contributed by atoms with van der Waals surface area (Å²) in [7, 11) is 0. The molecule has 4 rings (SSSR count). The van der Waals surface area contributed by atoms with Crippen LogP contribution >= 0.6 is 0 Å². The largest absolute Gasteiger partial charge is 0.485 e. The van der Waals surface area contributed by atoms with E-state index in [1.165, 1.54) is 12.8 Å². The molecule has 2 saturated heterocycles. The average Bonchev–Trinajstić information content (AvgIpc) is 3.36. The van der Waals surface area contributed by atoms with Crippen LogP contribution in [0.25, 0.3) is 0 Å². The van der Waals surface area contributed by atoms with E-state index in [1.54, 1.807) is 0 Å². The molecule has 0 aliphatic carbocycles. The number of ether oxygens (including phenoxy) is 1. The van der Waals surface area contributed by atoms with Gasteiger partial charge in [0.25, 0.3) is 5.91 Å². The van der Waals surface area contributed by atoms with Crippen molar-refractivity contribution in [1.29, 1.82) is 0 Å². The molecule has 6 nitrogen and oxygen atoms in total. The zero-order valence-electron chi connectivity index (χ0n) is 14.6. The number of aromatic nitrogens is 2. The number of anilines is 1. The number of aryl methyl sites for hydroxylation is 1. The van der Waals surface area contributed by atoms with Gasteiger partial charge >= 0.3 is 0 Å². The van der Waals surface area contributed by atoms with Gasteiger partial charge < -0.3 is 19.5 Å². The Morgan fingerprint density at radius 1 is 1.28 bits per heavy atom. The van der Waals surface area contributed by atoms with Crippen LogP contribution in [0.15, 0.2) is 30.6 Å². The summed E-state index contributed by atoms with van der Waals surface area (Å²) < 4.78 is 6.24. The van der Waals surface area contributed by atoms with Crippen LogP contribution in [-0.2, 0) is 0 Å². The number of hydrogen-bond donors (Lipinski definition) is 1. The minimum atomic E-state index is 0.0220. The third-order valence-corrected chi connectivity index (χ3v) is 5.07. The van der Waals surface area contributed by atoms with Gasteiger partial charge in [0.05, 0.1) is 12.1 Å². The van der Waals surface area contributed by atoms with Gasteiger partial charge in [-0.1, -0.05) is 0 Å². The molecular formula is C19H24N4O2. The van der Waals surface area contributed by atoms with Gasteiger partial charge in [0.15, 0.2) is 11.6 Å². The molecule has 2 aliphatic rings. The molecule has 25 heavy (non-hydrogen) atoms. The third kappa shape index (κ3) is 3.21. The normalized spacial score (nSPS) is 20.3. The van der Waals surface area contributed by atoms with Crippen molar-refractivity contribution < 1.29 is 9.53 Å². The molecule has 2 aromatic heterocycles. The van der Waals surface area contributed by atoms with Crippen molar-refractivity contribution in [3.05, 3.63) is 41.9 Å². The first-order chi connectivity index (χ1) is 12.2. The van der Waals surface area contributed by atoms with Crippen molar-refractivity contribution in [3.8, 4) is 5.75 Å². The number of rotatable bonds is 4. The molecule has 1 amide bonds. The highest BCUT2D eigenvalue weighted by Crippen LogP contribution is 2.30. The Morgan fingerprint density at radius 2 is 2.12 bits per heavy atom. The molecule has 0 bridgehead atoms. The molecule has 1 atom stereocenters. The monoisotopic (exact) mass is 340 g/mol. The van der Waals surface area contributed by atoms with Crippen molar-refractivity contribution in [2.45, 2.75) is 32.3 Å². The number of pyridine rings is 1. The Labute approximate surface area is 147 Å². The van der Waals surface area contributed by atoms with Crippen LogP contribution < -0.4 is 9.64 Å². The maximum Gasteiger partial charge on any atom is 0.255 e. The predicted molar refractivity (Wildman–Crippen MR) is 96.2 cm³/mol. The summed E-state index contributed by atoms with van der Waals surface area (Å²) in [6.45, 7) is 5.35. The summed E-state index contributed by atoms with van der Waals surface area (Å²) in [5.74, 6) is 1.85. The van der Waals surface area contributed by atoms with E-state index in [0.29, 0.717) is 6.54 Å². The quantitative estimate of drug-likeness (QED) is 0.929. The highest BCUT2D eigenvalue weighted by atomic mass is 16.5. The van der Waals surface area contributed by atoms with Crippen molar-refractivity contribution in [3.63, 3.8) is 0 Å². The fourth-order valence-electron chi connectivity index (χ4n) is 3.68. The van der Waals surface area contributed by atoms with Crippen LogP contribution in [-0.4, -0.2) is 53.1 Å². The smallest absolute Gasteiger partial charge is 0.255 e. The number of nitrogens with zero attached hydrogens (tertiary/aromatic N) is 3. The maximum atomic E-state index is 12.6. The molecule has 4 heterocycles. The van der Waals surface area contributed by atoms with Gasteiger partial charge in [-0.3, -0.25) is 4.79 Å². The SMILES string of the molecule is Cc1[nH]ccc1C(=O)N1CC[C@H](Oc2cccnc2N2CCCC2)C1. The number of hydrogen-bond acceptors (Lipinski definition) is 4. The lowest BCUT2D eigenvalue weighted by Crippen LogP contribution is -2.31. The van der Waals surface area contributed by atoms with Gasteiger partial charge in [-0.25, -0.2) is 4.98 Å². The second kappa shape index (κ2) is 6.78. The molecule has 2 aromatic rings. The molecule has 0 spiro atoms. The van der Waals surface area contributed by atoms with Gasteiger partial charge in [-0.2, -0.15) is 0 Å². The third-order valence-electron chi connectivity index (χ3n) is 5.07. The lowest BCUT2D eigenvalue weighted by Gasteiger charge is -2.22. The second-order valence-electron chi connectivity index (χ2n) is 6.82. The average molecular weight is 340 g/mol. The number of carbonyl (C=O) groups excluding carboxylic acids is 1. The molecule has 6 heteroatoms. The number of aromatic amines is 1. The minimum absolute atomic E-state index is 0.0220. The standard InChI is InChI=1S/C19H24N4O2/c1-14-16(6-9-20-14)19(24)23-12-7-15(13-23)25-17-5-4-8-21-18(17)22-10-2-3-11-22/h4-6,8-9,15,20H,2-3,7,10-13H2,1H3/t15-/m0/s1.